The van der Waals surface area contributed by atoms with E-state index in [2.05, 4.69) is 9.82 Å². The molecule has 0 saturated carbocycles. The molecule has 0 fully saturated rings. The molecule has 1 heterocycles. The van der Waals surface area contributed by atoms with Crippen LogP contribution >= 0.6 is 0 Å². The van der Waals surface area contributed by atoms with Crippen LogP contribution in [0.25, 0.3) is 0 Å². The van der Waals surface area contributed by atoms with Crippen LogP contribution in [0.2, 0.25) is 0 Å². The molecule has 7 heteroatoms. The lowest BCUT2D eigenvalue weighted by Crippen LogP contribution is -2.27. The summed E-state index contributed by atoms with van der Waals surface area (Å²) >= 11 is 0. The number of aromatic nitrogens is 2. The molecular weight excluding hydrogens is 288 g/mol. The van der Waals surface area contributed by atoms with Gasteiger partial charge in [0.15, 0.2) is 5.82 Å². The van der Waals surface area contributed by atoms with Crippen molar-refractivity contribution < 1.29 is 8.42 Å². The zero-order chi connectivity index (χ0) is 15.8. The average Bonchev–Trinajstić information content (AvgIpc) is 2.68. The number of nitrogens with zero attached hydrogens (tertiary/aromatic N) is 2. The van der Waals surface area contributed by atoms with Crippen LogP contribution in [-0.4, -0.2) is 18.2 Å². The maximum atomic E-state index is 12.4. The van der Waals surface area contributed by atoms with Crippen molar-refractivity contribution in [2.45, 2.75) is 31.7 Å². The minimum absolute atomic E-state index is 0.00150. The summed E-state index contributed by atoms with van der Waals surface area (Å²) in [5.74, 6) is -0.00201. The van der Waals surface area contributed by atoms with E-state index in [1.807, 2.05) is 39.0 Å². The zero-order valence-corrected chi connectivity index (χ0v) is 13.4. The molecule has 0 aliphatic heterocycles. The van der Waals surface area contributed by atoms with Crippen molar-refractivity contribution in [1.29, 1.82) is 0 Å². The molecule has 3 N–H and O–H groups in total. The van der Waals surface area contributed by atoms with E-state index in [1.165, 1.54) is 10.9 Å². The Morgan fingerprint density at radius 1 is 1.33 bits per heavy atom. The van der Waals surface area contributed by atoms with Crippen LogP contribution < -0.4 is 10.5 Å². The van der Waals surface area contributed by atoms with Crippen molar-refractivity contribution in [3.63, 3.8) is 0 Å². The van der Waals surface area contributed by atoms with Gasteiger partial charge in [-0.1, -0.05) is 23.8 Å². The molecule has 0 aliphatic rings. The second-order valence-corrected chi connectivity index (χ2v) is 6.94. The molecule has 0 bridgehead atoms. The number of rotatable bonds is 4. The van der Waals surface area contributed by atoms with Gasteiger partial charge in [-0.15, -0.1) is 0 Å². The van der Waals surface area contributed by atoms with Crippen LogP contribution in [0.4, 0.5) is 5.82 Å². The van der Waals surface area contributed by atoms with E-state index in [-0.39, 0.29) is 16.8 Å². The van der Waals surface area contributed by atoms with E-state index in [0.717, 1.165) is 16.7 Å². The quantitative estimate of drug-likeness (QED) is 0.899. The van der Waals surface area contributed by atoms with Crippen molar-refractivity contribution in [2.24, 2.45) is 7.05 Å². The van der Waals surface area contributed by atoms with Gasteiger partial charge in [-0.05, 0) is 31.9 Å². The van der Waals surface area contributed by atoms with Gasteiger partial charge in [-0.25, -0.2) is 13.1 Å². The number of hydrogen-bond acceptors (Lipinski definition) is 4. The van der Waals surface area contributed by atoms with E-state index in [9.17, 15) is 8.42 Å². The topological polar surface area (TPSA) is 90.0 Å². The third-order valence-corrected chi connectivity index (χ3v) is 4.89. The smallest absolute Gasteiger partial charge is 0.246 e. The molecule has 1 aromatic heterocycles. The van der Waals surface area contributed by atoms with Crippen LogP contribution in [0.15, 0.2) is 29.3 Å². The fourth-order valence-corrected chi connectivity index (χ4v) is 3.69. The van der Waals surface area contributed by atoms with Gasteiger partial charge < -0.3 is 5.73 Å². The first kappa shape index (κ1) is 15.5. The molecule has 114 valence electrons. The second kappa shape index (κ2) is 5.50. The van der Waals surface area contributed by atoms with E-state index in [1.54, 1.807) is 7.05 Å². The van der Waals surface area contributed by atoms with Gasteiger partial charge in [0, 0.05) is 19.3 Å². The fraction of sp³-hybridized carbons (Fsp3) is 0.357. The summed E-state index contributed by atoms with van der Waals surface area (Å²) in [5.41, 5.74) is 8.76. The number of nitrogens with two attached hydrogens (primary N) is 1. The Bertz CT molecular complexity index is 765. The number of nitrogen functional groups attached to an aromatic ring is 1. The Kier molecular flexibility index (Phi) is 4.06. The number of hydrogen-bond donors (Lipinski definition) is 2. The Morgan fingerprint density at radius 2 is 2.00 bits per heavy atom. The highest BCUT2D eigenvalue weighted by molar-refractivity contribution is 7.89. The predicted octanol–water partition coefficient (Wildman–Crippen LogP) is 1.66. The molecule has 6 nitrogen and oxygen atoms in total. The molecule has 1 atom stereocenters. The Balaban J connectivity index is 2.30. The molecule has 0 radical (unpaired) electrons. The molecule has 1 unspecified atom stereocenters. The third-order valence-electron chi connectivity index (χ3n) is 3.34. The van der Waals surface area contributed by atoms with Gasteiger partial charge in [0.25, 0.3) is 0 Å². The molecule has 1 aromatic carbocycles. The number of anilines is 1. The lowest BCUT2D eigenvalue weighted by molar-refractivity contribution is 0.566. The first-order valence-corrected chi connectivity index (χ1v) is 8.07. The van der Waals surface area contributed by atoms with E-state index in [0.29, 0.717) is 0 Å². The molecule has 0 amide bonds. The Hall–Kier alpha value is -1.86. The molecule has 2 rings (SSSR count). The normalized spacial score (nSPS) is 13.3. The lowest BCUT2D eigenvalue weighted by Gasteiger charge is -2.16. The van der Waals surface area contributed by atoms with Gasteiger partial charge in [-0.3, -0.25) is 4.68 Å². The van der Waals surface area contributed by atoms with Gasteiger partial charge in [-0.2, -0.15) is 5.10 Å². The maximum Gasteiger partial charge on any atom is 0.246 e. The van der Waals surface area contributed by atoms with Gasteiger partial charge in [0.1, 0.15) is 4.90 Å². The largest absolute Gasteiger partial charge is 0.381 e. The van der Waals surface area contributed by atoms with Gasteiger partial charge in [0.2, 0.25) is 10.0 Å². The van der Waals surface area contributed by atoms with Crippen molar-refractivity contribution in [2.75, 3.05) is 5.73 Å². The van der Waals surface area contributed by atoms with Crippen LogP contribution in [0, 0.1) is 13.8 Å². The summed E-state index contributed by atoms with van der Waals surface area (Å²) in [7, 11) is -2.07. The first-order chi connectivity index (χ1) is 9.70. The van der Waals surface area contributed by atoms with E-state index >= 15 is 0 Å². The summed E-state index contributed by atoms with van der Waals surface area (Å²) in [4.78, 5) is 0.00150. The van der Waals surface area contributed by atoms with Crippen LogP contribution in [0.3, 0.4) is 0 Å². The summed E-state index contributed by atoms with van der Waals surface area (Å²) in [6, 6.07) is 5.57. The number of aryl methyl sites for hydroxylation is 3. The molecular formula is C14H20N4O2S. The lowest BCUT2D eigenvalue weighted by atomic mass is 10.0. The SMILES string of the molecule is Cc1ccc(C(C)NS(=O)(=O)c2cn(C)nc2N)c(C)c1. The monoisotopic (exact) mass is 308 g/mol. The summed E-state index contributed by atoms with van der Waals surface area (Å²) in [5, 5.41) is 3.86. The van der Waals surface area contributed by atoms with E-state index in [4.69, 9.17) is 5.73 Å². The predicted molar refractivity (Wildman–Crippen MR) is 82.3 cm³/mol. The standard InChI is InChI=1S/C14H20N4O2S/c1-9-5-6-12(10(2)7-9)11(3)17-21(19,20)13-8-18(4)16-14(13)15/h5-8,11,17H,1-4H3,(H2,15,16). The average molecular weight is 308 g/mol. The third kappa shape index (κ3) is 3.25. The second-order valence-electron chi connectivity index (χ2n) is 5.26. The Morgan fingerprint density at radius 3 is 2.52 bits per heavy atom. The molecule has 21 heavy (non-hydrogen) atoms. The number of sulfonamides is 1. The van der Waals surface area contributed by atoms with Crippen LogP contribution in [0.1, 0.15) is 29.7 Å². The molecule has 0 saturated heterocycles. The van der Waals surface area contributed by atoms with Crippen LogP contribution in [-0.2, 0) is 17.1 Å². The minimum atomic E-state index is -3.70. The highest BCUT2D eigenvalue weighted by Crippen LogP contribution is 2.22. The van der Waals surface area contributed by atoms with E-state index < -0.39 is 10.0 Å². The highest BCUT2D eigenvalue weighted by atomic mass is 32.2. The fourth-order valence-electron chi connectivity index (χ4n) is 2.36. The number of nitrogens with one attached hydrogen (secondary N) is 1. The highest BCUT2D eigenvalue weighted by Gasteiger charge is 2.23. The van der Waals surface area contributed by atoms with Crippen molar-refractivity contribution in [3.8, 4) is 0 Å². The van der Waals surface area contributed by atoms with Crippen molar-refractivity contribution in [1.82, 2.24) is 14.5 Å². The van der Waals surface area contributed by atoms with Gasteiger partial charge in [0.05, 0.1) is 0 Å². The zero-order valence-electron chi connectivity index (χ0n) is 12.6. The number of benzene rings is 1. The Labute approximate surface area is 125 Å². The van der Waals surface area contributed by atoms with Crippen molar-refractivity contribution in [3.05, 3.63) is 41.1 Å². The van der Waals surface area contributed by atoms with Gasteiger partial charge >= 0.3 is 0 Å². The summed E-state index contributed by atoms with van der Waals surface area (Å²) in [6.07, 6.45) is 1.40. The van der Waals surface area contributed by atoms with Crippen molar-refractivity contribution >= 4 is 15.8 Å². The maximum absolute atomic E-state index is 12.4. The minimum Gasteiger partial charge on any atom is -0.381 e. The summed E-state index contributed by atoms with van der Waals surface area (Å²) in [6.45, 7) is 5.77. The molecule has 2 aromatic rings. The molecule has 0 aliphatic carbocycles. The molecule has 0 spiro atoms. The first-order valence-electron chi connectivity index (χ1n) is 6.59. The summed E-state index contributed by atoms with van der Waals surface area (Å²) < 4.78 is 28.8. The van der Waals surface area contributed by atoms with Crippen LogP contribution in [0.5, 0.6) is 0 Å².